The van der Waals surface area contributed by atoms with Gasteiger partial charge >= 0.3 is 0 Å². The van der Waals surface area contributed by atoms with Crippen molar-refractivity contribution in [1.82, 2.24) is 5.32 Å². The highest BCUT2D eigenvalue weighted by molar-refractivity contribution is 5.19. The third-order valence-corrected chi connectivity index (χ3v) is 2.58. The zero-order valence-electron chi connectivity index (χ0n) is 7.61. The van der Waals surface area contributed by atoms with Gasteiger partial charge in [-0.05, 0) is 24.9 Å². The van der Waals surface area contributed by atoms with E-state index in [1.807, 2.05) is 18.2 Å². The fourth-order valence-electron chi connectivity index (χ4n) is 1.84. The smallest absolute Gasteiger partial charge is 0.0570 e. The SMILES string of the molecule is OC1CCN[C@H](c2ccccc2)C1. The molecule has 0 bridgehead atoms. The van der Waals surface area contributed by atoms with Crippen LogP contribution in [-0.4, -0.2) is 17.8 Å². The van der Waals surface area contributed by atoms with Gasteiger partial charge in [0.1, 0.15) is 0 Å². The quantitative estimate of drug-likeness (QED) is 0.681. The Kier molecular flexibility index (Phi) is 2.62. The van der Waals surface area contributed by atoms with Crippen molar-refractivity contribution in [3.05, 3.63) is 35.9 Å². The molecule has 1 saturated heterocycles. The molecule has 2 atom stereocenters. The first-order valence-corrected chi connectivity index (χ1v) is 4.82. The number of aliphatic hydroxyl groups excluding tert-OH is 1. The molecule has 1 aromatic carbocycles. The van der Waals surface area contributed by atoms with Crippen molar-refractivity contribution >= 4 is 0 Å². The molecule has 0 amide bonds. The highest BCUT2D eigenvalue weighted by Crippen LogP contribution is 2.22. The summed E-state index contributed by atoms with van der Waals surface area (Å²) in [6, 6.07) is 10.6. The Bertz CT molecular complexity index is 260. The van der Waals surface area contributed by atoms with Gasteiger partial charge in [-0.2, -0.15) is 0 Å². The number of rotatable bonds is 1. The first-order chi connectivity index (χ1) is 6.36. The van der Waals surface area contributed by atoms with Gasteiger partial charge in [-0.3, -0.25) is 0 Å². The zero-order chi connectivity index (χ0) is 9.10. The molecular formula is C11H15NO. The summed E-state index contributed by atoms with van der Waals surface area (Å²) in [6.07, 6.45) is 1.58. The molecule has 1 heterocycles. The third-order valence-electron chi connectivity index (χ3n) is 2.58. The van der Waals surface area contributed by atoms with Gasteiger partial charge < -0.3 is 10.4 Å². The Morgan fingerprint density at radius 3 is 2.69 bits per heavy atom. The van der Waals surface area contributed by atoms with Crippen LogP contribution in [0, 0.1) is 0 Å². The molecule has 0 saturated carbocycles. The van der Waals surface area contributed by atoms with Gasteiger partial charge in [0.05, 0.1) is 6.10 Å². The van der Waals surface area contributed by atoms with Gasteiger partial charge in [0.25, 0.3) is 0 Å². The predicted octanol–water partition coefficient (Wildman–Crippen LogP) is 1.47. The van der Waals surface area contributed by atoms with Crippen LogP contribution in [-0.2, 0) is 0 Å². The van der Waals surface area contributed by atoms with Crippen LogP contribution in [0.5, 0.6) is 0 Å². The van der Waals surface area contributed by atoms with Crippen molar-refractivity contribution < 1.29 is 5.11 Å². The van der Waals surface area contributed by atoms with Crippen molar-refractivity contribution in [2.75, 3.05) is 6.54 Å². The second-order valence-electron chi connectivity index (χ2n) is 3.60. The highest BCUT2D eigenvalue weighted by atomic mass is 16.3. The van der Waals surface area contributed by atoms with E-state index in [0.717, 1.165) is 19.4 Å². The van der Waals surface area contributed by atoms with E-state index in [1.165, 1.54) is 5.56 Å². The number of benzene rings is 1. The van der Waals surface area contributed by atoms with E-state index in [4.69, 9.17) is 0 Å². The van der Waals surface area contributed by atoms with E-state index in [2.05, 4.69) is 17.4 Å². The van der Waals surface area contributed by atoms with Crippen molar-refractivity contribution in [2.24, 2.45) is 0 Å². The maximum Gasteiger partial charge on any atom is 0.0570 e. The summed E-state index contributed by atoms with van der Waals surface area (Å²) in [5, 5.41) is 12.9. The Labute approximate surface area is 78.6 Å². The van der Waals surface area contributed by atoms with Crippen LogP contribution in [0.25, 0.3) is 0 Å². The normalized spacial score (nSPS) is 28.7. The largest absolute Gasteiger partial charge is 0.393 e. The minimum absolute atomic E-state index is 0.133. The van der Waals surface area contributed by atoms with Gasteiger partial charge in [-0.25, -0.2) is 0 Å². The molecule has 13 heavy (non-hydrogen) atoms. The summed E-state index contributed by atoms with van der Waals surface area (Å²) in [5.74, 6) is 0. The molecule has 2 nitrogen and oxygen atoms in total. The fraction of sp³-hybridized carbons (Fsp3) is 0.455. The zero-order valence-corrected chi connectivity index (χ0v) is 7.61. The lowest BCUT2D eigenvalue weighted by molar-refractivity contribution is 0.117. The average Bonchev–Trinajstić information content (AvgIpc) is 2.19. The molecule has 0 aromatic heterocycles. The molecule has 1 fully saturated rings. The molecule has 2 N–H and O–H groups in total. The summed E-state index contributed by atoms with van der Waals surface area (Å²) in [5.41, 5.74) is 1.28. The first kappa shape index (κ1) is 8.73. The molecule has 0 spiro atoms. The second-order valence-corrected chi connectivity index (χ2v) is 3.60. The molecule has 0 radical (unpaired) electrons. The number of hydrogen-bond acceptors (Lipinski definition) is 2. The first-order valence-electron chi connectivity index (χ1n) is 4.82. The van der Waals surface area contributed by atoms with E-state index in [9.17, 15) is 5.11 Å². The third kappa shape index (κ3) is 2.08. The van der Waals surface area contributed by atoms with Crippen LogP contribution in [0.1, 0.15) is 24.4 Å². The van der Waals surface area contributed by atoms with E-state index < -0.39 is 0 Å². The molecule has 2 heteroatoms. The molecule has 0 aliphatic carbocycles. The van der Waals surface area contributed by atoms with Crippen LogP contribution < -0.4 is 5.32 Å². The van der Waals surface area contributed by atoms with Gasteiger partial charge in [-0.15, -0.1) is 0 Å². The van der Waals surface area contributed by atoms with Crippen LogP contribution in [0.4, 0.5) is 0 Å². The Balaban J connectivity index is 2.08. The second kappa shape index (κ2) is 3.90. The lowest BCUT2D eigenvalue weighted by Gasteiger charge is -2.27. The molecule has 2 rings (SSSR count). The monoisotopic (exact) mass is 177 g/mol. The average molecular weight is 177 g/mol. The van der Waals surface area contributed by atoms with Gasteiger partial charge in [0, 0.05) is 6.04 Å². The molecule has 70 valence electrons. The van der Waals surface area contributed by atoms with Gasteiger partial charge in [0.15, 0.2) is 0 Å². The van der Waals surface area contributed by atoms with Gasteiger partial charge in [-0.1, -0.05) is 30.3 Å². The van der Waals surface area contributed by atoms with E-state index in [0.29, 0.717) is 6.04 Å². The standard InChI is InChI=1S/C11H15NO/c13-10-6-7-12-11(8-10)9-4-2-1-3-5-9/h1-5,10-13H,6-8H2/t10?,11-/m0/s1. The molecule has 1 aliphatic heterocycles. The van der Waals surface area contributed by atoms with Crippen LogP contribution >= 0.6 is 0 Å². The van der Waals surface area contributed by atoms with Crippen LogP contribution in [0.2, 0.25) is 0 Å². The number of aliphatic hydroxyl groups is 1. The maximum absolute atomic E-state index is 9.50. The number of hydrogen-bond donors (Lipinski definition) is 2. The summed E-state index contributed by atoms with van der Waals surface area (Å²) < 4.78 is 0. The number of piperidine rings is 1. The summed E-state index contributed by atoms with van der Waals surface area (Å²) >= 11 is 0. The fourth-order valence-corrected chi connectivity index (χ4v) is 1.84. The summed E-state index contributed by atoms with van der Waals surface area (Å²) in [7, 11) is 0. The Morgan fingerprint density at radius 1 is 1.23 bits per heavy atom. The minimum Gasteiger partial charge on any atom is -0.393 e. The Morgan fingerprint density at radius 2 is 2.00 bits per heavy atom. The highest BCUT2D eigenvalue weighted by Gasteiger charge is 2.20. The van der Waals surface area contributed by atoms with Crippen molar-refractivity contribution in [2.45, 2.75) is 25.0 Å². The van der Waals surface area contributed by atoms with Crippen LogP contribution in [0.15, 0.2) is 30.3 Å². The topological polar surface area (TPSA) is 32.3 Å². The summed E-state index contributed by atoms with van der Waals surface area (Å²) in [6.45, 7) is 0.917. The molecule has 1 aliphatic rings. The van der Waals surface area contributed by atoms with Crippen molar-refractivity contribution in [3.8, 4) is 0 Å². The molecule has 1 aromatic rings. The Hall–Kier alpha value is -0.860. The molecular weight excluding hydrogens is 162 g/mol. The number of nitrogens with one attached hydrogen (secondary N) is 1. The lowest BCUT2D eigenvalue weighted by atomic mass is 9.96. The minimum atomic E-state index is -0.133. The predicted molar refractivity (Wildman–Crippen MR) is 52.4 cm³/mol. The van der Waals surface area contributed by atoms with Crippen LogP contribution in [0.3, 0.4) is 0 Å². The van der Waals surface area contributed by atoms with E-state index in [-0.39, 0.29) is 6.10 Å². The van der Waals surface area contributed by atoms with Crippen molar-refractivity contribution in [3.63, 3.8) is 0 Å². The molecule has 1 unspecified atom stereocenters. The maximum atomic E-state index is 9.50. The van der Waals surface area contributed by atoms with Gasteiger partial charge in [0.2, 0.25) is 0 Å². The van der Waals surface area contributed by atoms with E-state index >= 15 is 0 Å². The lowest BCUT2D eigenvalue weighted by Crippen LogP contribution is -2.34. The van der Waals surface area contributed by atoms with Crippen molar-refractivity contribution in [1.29, 1.82) is 0 Å². The van der Waals surface area contributed by atoms with E-state index in [1.54, 1.807) is 0 Å². The summed E-state index contributed by atoms with van der Waals surface area (Å²) in [4.78, 5) is 0.